The van der Waals surface area contributed by atoms with Gasteiger partial charge in [-0.15, -0.1) is 11.3 Å². The molecule has 1 N–H and O–H groups in total. The maximum Gasteiger partial charge on any atom is 0.261 e. The van der Waals surface area contributed by atoms with Crippen LogP contribution in [0.2, 0.25) is 0 Å². The SMILES string of the molecule is Cc1ccc(S(=O)(=O)Nc2ccc3sc(C)nc3c2)cc1. The van der Waals surface area contributed by atoms with Crippen LogP contribution in [-0.4, -0.2) is 13.4 Å². The van der Waals surface area contributed by atoms with Crippen molar-refractivity contribution in [2.45, 2.75) is 18.7 Å². The molecule has 0 unspecified atom stereocenters. The molecule has 21 heavy (non-hydrogen) atoms. The minimum Gasteiger partial charge on any atom is -0.280 e. The number of sulfonamides is 1. The van der Waals surface area contributed by atoms with Crippen LogP contribution in [0.25, 0.3) is 10.2 Å². The molecule has 4 nitrogen and oxygen atoms in total. The van der Waals surface area contributed by atoms with Crippen molar-refractivity contribution in [1.82, 2.24) is 4.98 Å². The quantitative estimate of drug-likeness (QED) is 0.801. The van der Waals surface area contributed by atoms with E-state index >= 15 is 0 Å². The van der Waals surface area contributed by atoms with Crippen LogP contribution in [0, 0.1) is 13.8 Å². The first kappa shape index (κ1) is 14.0. The highest BCUT2D eigenvalue weighted by atomic mass is 32.2. The summed E-state index contributed by atoms with van der Waals surface area (Å²) in [6.45, 7) is 3.85. The van der Waals surface area contributed by atoms with Gasteiger partial charge in [0, 0.05) is 0 Å². The number of anilines is 1. The predicted molar refractivity (Wildman–Crippen MR) is 86.3 cm³/mol. The fourth-order valence-corrected chi connectivity index (χ4v) is 3.89. The van der Waals surface area contributed by atoms with Gasteiger partial charge in [0.2, 0.25) is 0 Å². The number of nitrogens with one attached hydrogen (secondary N) is 1. The Kier molecular flexibility index (Phi) is 3.43. The third-order valence-corrected chi connectivity index (χ3v) is 5.43. The third kappa shape index (κ3) is 2.91. The fourth-order valence-electron chi connectivity index (χ4n) is 2.04. The minimum atomic E-state index is -3.57. The summed E-state index contributed by atoms with van der Waals surface area (Å²) in [6.07, 6.45) is 0. The predicted octanol–water partition coefficient (Wildman–Crippen LogP) is 3.71. The summed E-state index contributed by atoms with van der Waals surface area (Å²) in [4.78, 5) is 4.62. The third-order valence-electron chi connectivity index (χ3n) is 3.08. The lowest BCUT2D eigenvalue weighted by Gasteiger charge is -2.08. The molecule has 2 aromatic carbocycles. The second-order valence-corrected chi connectivity index (χ2v) is 7.75. The first-order valence-corrected chi connectivity index (χ1v) is 8.71. The Hall–Kier alpha value is -1.92. The Morgan fingerprint density at radius 2 is 1.76 bits per heavy atom. The average molecular weight is 318 g/mol. The number of nitrogens with zero attached hydrogens (tertiary/aromatic N) is 1. The lowest BCUT2D eigenvalue weighted by Crippen LogP contribution is -2.12. The van der Waals surface area contributed by atoms with Gasteiger partial charge in [-0.3, -0.25) is 4.72 Å². The highest BCUT2D eigenvalue weighted by Crippen LogP contribution is 2.25. The highest BCUT2D eigenvalue weighted by molar-refractivity contribution is 7.92. The lowest BCUT2D eigenvalue weighted by molar-refractivity contribution is 0.601. The maximum atomic E-state index is 12.3. The molecule has 0 saturated carbocycles. The maximum absolute atomic E-state index is 12.3. The number of aromatic nitrogens is 1. The van der Waals surface area contributed by atoms with Crippen molar-refractivity contribution >= 4 is 37.3 Å². The molecule has 3 rings (SSSR count). The van der Waals surface area contributed by atoms with Gasteiger partial charge in [-0.25, -0.2) is 13.4 Å². The summed E-state index contributed by atoms with van der Waals surface area (Å²) < 4.78 is 28.3. The highest BCUT2D eigenvalue weighted by Gasteiger charge is 2.14. The summed E-state index contributed by atoms with van der Waals surface area (Å²) in [5, 5.41) is 0.962. The molecular weight excluding hydrogens is 304 g/mol. The summed E-state index contributed by atoms with van der Waals surface area (Å²) in [7, 11) is -3.57. The first-order chi connectivity index (χ1) is 9.94. The van der Waals surface area contributed by atoms with Crippen LogP contribution in [0.15, 0.2) is 47.4 Å². The van der Waals surface area contributed by atoms with Gasteiger partial charge in [-0.2, -0.15) is 0 Å². The molecule has 0 spiro atoms. The number of fused-ring (bicyclic) bond motifs is 1. The Bertz CT molecular complexity index is 897. The molecule has 1 heterocycles. The van der Waals surface area contributed by atoms with E-state index in [1.165, 1.54) is 0 Å². The molecule has 0 saturated heterocycles. The Morgan fingerprint density at radius 3 is 2.48 bits per heavy atom. The number of rotatable bonds is 3. The second-order valence-electron chi connectivity index (χ2n) is 4.83. The Morgan fingerprint density at radius 1 is 1.05 bits per heavy atom. The molecule has 0 atom stereocenters. The van der Waals surface area contributed by atoms with Crippen molar-refractivity contribution in [1.29, 1.82) is 0 Å². The number of hydrogen-bond acceptors (Lipinski definition) is 4. The summed E-state index contributed by atoms with van der Waals surface area (Å²) in [6, 6.07) is 12.2. The van der Waals surface area contributed by atoms with E-state index in [2.05, 4.69) is 9.71 Å². The molecule has 0 fully saturated rings. The number of aryl methyl sites for hydroxylation is 2. The molecule has 0 radical (unpaired) electrons. The zero-order chi connectivity index (χ0) is 15.0. The lowest BCUT2D eigenvalue weighted by atomic mass is 10.2. The van der Waals surface area contributed by atoms with Gasteiger partial charge in [0.25, 0.3) is 10.0 Å². The van der Waals surface area contributed by atoms with Crippen molar-refractivity contribution in [2.24, 2.45) is 0 Å². The van der Waals surface area contributed by atoms with E-state index in [-0.39, 0.29) is 4.90 Å². The van der Waals surface area contributed by atoms with Crippen molar-refractivity contribution in [2.75, 3.05) is 4.72 Å². The Labute approximate surface area is 127 Å². The number of hydrogen-bond donors (Lipinski definition) is 1. The van der Waals surface area contributed by atoms with E-state index < -0.39 is 10.0 Å². The zero-order valence-corrected chi connectivity index (χ0v) is 13.3. The van der Waals surface area contributed by atoms with Gasteiger partial charge in [-0.05, 0) is 44.2 Å². The molecule has 0 aliphatic heterocycles. The monoisotopic (exact) mass is 318 g/mol. The standard InChI is InChI=1S/C15H14N2O2S2/c1-10-3-6-13(7-4-10)21(18,19)17-12-5-8-15-14(9-12)16-11(2)20-15/h3-9,17H,1-2H3. The molecule has 1 aromatic heterocycles. The molecule has 108 valence electrons. The van der Waals surface area contributed by atoms with E-state index in [4.69, 9.17) is 0 Å². The van der Waals surface area contributed by atoms with Gasteiger partial charge in [-0.1, -0.05) is 17.7 Å². The fraction of sp³-hybridized carbons (Fsp3) is 0.133. The van der Waals surface area contributed by atoms with Crippen molar-refractivity contribution in [3.05, 3.63) is 53.0 Å². The Balaban J connectivity index is 1.94. The topological polar surface area (TPSA) is 59.1 Å². The van der Waals surface area contributed by atoms with E-state index in [9.17, 15) is 8.42 Å². The van der Waals surface area contributed by atoms with Gasteiger partial charge in [0.15, 0.2) is 0 Å². The molecule has 0 bridgehead atoms. The van der Waals surface area contributed by atoms with Crippen LogP contribution in [0.3, 0.4) is 0 Å². The van der Waals surface area contributed by atoms with E-state index in [1.807, 2.05) is 19.9 Å². The van der Waals surface area contributed by atoms with Crippen LogP contribution >= 0.6 is 11.3 Å². The molecule has 0 aliphatic rings. The molecular formula is C15H14N2O2S2. The molecule has 0 aliphatic carbocycles. The van der Waals surface area contributed by atoms with Crippen LogP contribution in [0.4, 0.5) is 5.69 Å². The van der Waals surface area contributed by atoms with E-state index in [0.29, 0.717) is 5.69 Å². The van der Waals surface area contributed by atoms with Crippen molar-refractivity contribution in [3.8, 4) is 0 Å². The van der Waals surface area contributed by atoms with Crippen LogP contribution in [0.1, 0.15) is 10.6 Å². The van der Waals surface area contributed by atoms with Crippen LogP contribution in [0.5, 0.6) is 0 Å². The molecule has 6 heteroatoms. The summed E-state index contributed by atoms with van der Waals surface area (Å²) in [5.74, 6) is 0. The van der Waals surface area contributed by atoms with Crippen molar-refractivity contribution < 1.29 is 8.42 Å². The van der Waals surface area contributed by atoms with Crippen LogP contribution in [-0.2, 0) is 10.0 Å². The second kappa shape index (κ2) is 5.13. The number of thiazole rings is 1. The summed E-state index contributed by atoms with van der Waals surface area (Å²) in [5.41, 5.74) is 2.35. The largest absolute Gasteiger partial charge is 0.280 e. The summed E-state index contributed by atoms with van der Waals surface area (Å²) >= 11 is 1.59. The van der Waals surface area contributed by atoms with Gasteiger partial charge in [0.05, 0.1) is 25.8 Å². The smallest absolute Gasteiger partial charge is 0.261 e. The van der Waals surface area contributed by atoms with Crippen LogP contribution < -0.4 is 4.72 Å². The van der Waals surface area contributed by atoms with Gasteiger partial charge >= 0.3 is 0 Å². The first-order valence-electron chi connectivity index (χ1n) is 6.41. The average Bonchev–Trinajstić information content (AvgIpc) is 2.78. The molecule has 3 aromatic rings. The zero-order valence-electron chi connectivity index (χ0n) is 11.6. The van der Waals surface area contributed by atoms with E-state index in [1.54, 1.807) is 47.7 Å². The minimum absolute atomic E-state index is 0.252. The van der Waals surface area contributed by atoms with Gasteiger partial charge in [0.1, 0.15) is 0 Å². The van der Waals surface area contributed by atoms with Crippen molar-refractivity contribution in [3.63, 3.8) is 0 Å². The normalized spacial score (nSPS) is 11.7. The number of benzene rings is 2. The molecule has 0 amide bonds. The van der Waals surface area contributed by atoms with E-state index in [0.717, 1.165) is 20.8 Å². The van der Waals surface area contributed by atoms with Gasteiger partial charge < -0.3 is 0 Å².